The lowest BCUT2D eigenvalue weighted by Crippen LogP contribution is -2.22. The summed E-state index contributed by atoms with van der Waals surface area (Å²) in [6.07, 6.45) is 0.992. The number of rotatable bonds is 4. The summed E-state index contributed by atoms with van der Waals surface area (Å²) in [5.74, 6) is -0.510. The van der Waals surface area contributed by atoms with Crippen molar-refractivity contribution >= 4 is 21.6 Å². The van der Waals surface area contributed by atoms with E-state index in [4.69, 9.17) is 5.73 Å². The van der Waals surface area contributed by atoms with Gasteiger partial charge < -0.3 is 5.73 Å². The molecule has 0 bridgehead atoms. The standard InChI is InChI=1S/C10H12BrFN2O2/c1-2-7(13)3-6-4-9(12)8(11)5-10(6)14(15)16/h4-5,7H,2-3,13H2,1H3. The van der Waals surface area contributed by atoms with Gasteiger partial charge in [0.1, 0.15) is 5.82 Å². The Bertz CT molecular complexity index is 412. The van der Waals surface area contributed by atoms with E-state index in [0.29, 0.717) is 18.4 Å². The number of nitrogens with two attached hydrogens (primary N) is 1. The Balaban J connectivity index is 3.14. The molecule has 0 fully saturated rings. The van der Waals surface area contributed by atoms with E-state index in [9.17, 15) is 14.5 Å². The average molecular weight is 291 g/mol. The molecule has 0 saturated carbocycles. The van der Waals surface area contributed by atoms with Crippen LogP contribution in [0.5, 0.6) is 0 Å². The number of halogens is 2. The van der Waals surface area contributed by atoms with Crippen LogP contribution in [0.1, 0.15) is 18.9 Å². The van der Waals surface area contributed by atoms with Gasteiger partial charge in [-0.3, -0.25) is 10.1 Å². The van der Waals surface area contributed by atoms with Gasteiger partial charge >= 0.3 is 0 Å². The number of benzene rings is 1. The Morgan fingerprint density at radius 3 is 2.75 bits per heavy atom. The van der Waals surface area contributed by atoms with Crippen LogP contribution in [-0.2, 0) is 6.42 Å². The van der Waals surface area contributed by atoms with Gasteiger partial charge in [-0.25, -0.2) is 4.39 Å². The second-order valence-electron chi connectivity index (χ2n) is 3.52. The molecule has 0 amide bonds. The third-order valence-electron chi connectivity index (χ3n) is 2.32. The number of hydrogen-bond acceptors (Lipinski definition) is 3. The van der Waals surface area contributed by atoms with E-state index in [-0.39, 0.29) is 16.2 Å². The molecule has 1 atom stereocenters. The molecular weight excluding hydrogens is 279 g/mol. The van der Waals surface area contributed by atoms with Gasteiger partial charge in [-0.2, -0.15) is 0 Å². The third kappa shape index (κ3) is 2.99. The lowest BCUT2D eigenvalue weighted by Gasteiger charge is -2.09. The Kier molecular flexibility index (Phi) is 4.37. The second-order valence-corrected chi connectivity index (χ2v) is 4.38. The van der Waals surface area contributed by atoms with Crippen molar-refractivity contribution < 1.29 is 9.31 Å². The highest BCUT2D eigenvalue weighted by molar-refractivity contribution is 9.10. The molecule has 6 heteroatoms. The van der Waals surface area contributed by atoms with Crippen LogP contribution in [0.15, 0.2) is 16.6 Å². The van der Waals surface area contributed by atoms with E-state index in [1.807, 2.05) is 6.92 Å². The molecule has 0 spiro atoms. The Hall–Kier alpha value is -1.01. The van der Waals surface area contributed by atoms with E-state index in [1.165, 1.54) is 6.07 Å². The van der Waals surface area contributed by atoms with E-state index in [2.05, 4.69) is 15.9 Å². The molecule has 0 heterocycles. The lowest BCUT2D eigenvalue weighted by molar-refractivity contribution is -0.385. The van der Waals surface area contributed by atoms with Crippen molar-refractivity contribution in [3.8, 4) is 0 Å². The van der Waals surface area contributed by atoms with Crippen LogP contribution in [0, 0.1) is 15.9 Å². The smallest absolute Gasteiger partial charge is 0.273 e. The minimum absolute atomic E-state index is 0.0908. The van der Waals surface area contributed by atoms with Crippen LogP contribution in [0.3, 0.4) is 0 Å². The summed E-state index contributed by atoms with van der Waals surface area (Å²) in [7, 11) is 0. The molecule has 16 heavy (non-hydrogen) atoms. The summed E-state index contributed by atoms with van der Waals surface area (Å²) in [5.41, 5.74) is 5.94. The SMILES string of the molecule is CCC(N)Cc1cc(F)c(Br)cc1[N+](=O)[O-]. The van der Waals surface area contributed by atoms with Gasteiger partial charge in [-0.1, -0.05) is 6.92 Å². The Morgan fingerprint density at radius 2 is 2.25 bits per heavy atom. The molecule has 4 nitrogen and oxygen atoms in total. The summed E-state index contributed by atoms with van der Waals surface area (Å²) < 4.78 is 13.4. The highest BCUT2D eigenvalue weighted by atomic mass is 79.9. The first-order valence-electron chi connectivity index (χ1n) is 4.83. The predicted molar refractivity (Wildman–Crippen MR) is 62.7 cm³/mol. The molecule has 1 rings (SSSR count). The van der Waals surface area contributed by atoms with Gasteiger partial charge in [0, 0.05) is 17.7 Å². The number of nitro benzene ring substituents is 1. The van der Waals surface area contributed by atoms with Crippen LogP contribution in [0.2, 0.25) is 0 Å². The van der Waals surface area contributed by atoms with Crippen LogP contribution in [0.25, 0.3) is 0 Å². The van der Waals surface area contributed by atoms with Gasteiger partial charge in [-0.15, -0.1) is 0 Å². The highest BCUT2D eigenvalue weighted by Crippen LogP contribution is 2.27. The van der Waals surface area contributed by atoms with Crippen molar-refractivity contribution in [2.75, 3.05) is 0 Å². The fraction of sp³-hybridized carbons (Fsp3) is 0.400. The van der Waals surface area contributed by atoms with Crippen molar-refractivity contribution in [3.05, 3.63) is 38.1 Å². The molecule has 0 radical (unpaired) electrons. The zero-order valence-electron chi connectivity index (χ0n) is 8.74. The molecule has 0 aliphatic carbocycles. The van der Waals surface area contributed by atoms with Gasteiger partial charge in [-0.05, 0) is 34.8 Å². The maximum Gasteiger partial charge on any atom is 0.273 e. The molecule has 0 aromatic heterocycles. The Morgan fingerprint density at radius 1 is 1.62 bits per heavy atom. The summed E-state index contributed by atoms with van der Waals surface area (Å²) in [6.45, 7) is 1.88. The summed E-state index contributed by atoms with van der Waals surface area (Å²) in [5, 5.41) is 10.8. The molecule has 1 unspecified atom stereocenters. The maximum atomic E-state index is 13.3. The van der Waals surface area contributed by atoms with E-state index >= 15 is 0 Å². The fourth-order valence-electron chi connectivity index (χ4n) is 1.34. The van der Waals surface area contributed by atoms with Crippen molar-refractivity contribution in [2.24, 2.45) is 5.73 Å². The fourth-order valence-corrected chi connectivity index (χ4v) is 1.67. The maximum absolute atomic E-state index is 13.3. The minimum Gasteiger partial charge on any atom is -0.327 e. The average Bonchev–Trinajstić information content (AvgIpc) is 2.22. The lowest BCUT2D eigenvalue weighted by atomic mass is 10.0. The first-order valence-corrected chi connectivity index (χ1v) is 5.62. The predicted octanol–water partition coefficient (Wildman–Crippen LogP) is 2.78. The summed E-state index contributed by atoms with van der Waals surface area (Å²) in [4.78, 5) is 10.3. The highest BCUT2D eigenvalue weighted by Gasteiger charge is 2.18. The molecular formula is C10H12BrFN2O2. The summed E-state index contributed by atoms with van der Waals surface area (Å²) in [6, 6.07) is 2.14. The van der Waals surface area contributed by atoms with Crippen molar-refractivity contribution in [1.82, 2.24) is 0 Å². The number of hydrogen-bond donors (Lipinski definition) is 1. The molecule has 2 N–H and O–H groups in total. The third-order valence-corrected chi connectivity index (χ3v) is 2.93. The number of nitro groups is 1. The second kappa shape index (κ2) is 5.36. The van der Waals surface area contributed by atoms with E-state index in [0.717, 1.165) is 6.07 Å². The molecule has 0 aliphatic heterocycles. The minimum atomic E-state index is -0.526. The van der Waals surface area contributed by atoms with Crippen molar-refractivity contribution in [1.29, 1.82) is 0 Å². The van der Waals surface area contributed by atoms with Gasteiger partial charge in [0.2, 0.25) is 0 Å². The molecule has 88 valence electrons. The Labute approximate surface area is 101 Å². The zero-order valence-corrected chi connectivity index (χ0v) is 10.3. The van der Waals surface area contributed by atoms with Gasteiger partial charge in [0.05, 0.1) is 9.40 Å². The normalized spacial score (nSPS) is 12.5. The monoisotopic (exact) mass is 290 g/mol. The van der Waals surface area contributed by atoms with Crippen LogP contribution >= 0.6 is 15.9 Å². The van der Waals surface area contributed by atoms with E-state index < -0.39 is 10.7 Å². The van der Waals surface area contributed by atoms with Crippen LogP contribution < -0.4 is 5.73 Å². The summed E-state index contributed by atoms with van der Waals surface area (Å²) >= 11 is 2.92. The number of nitrogens with zero attached hydrogens (tertiary/aromatic N) is 1. The topological polar surface area (TPSA) is 69.2 Å². The van der Waals surface area contributed by atoms with Crippen LogP contribution in [0.4, 0.5) is 10.1 Å². The molecule has 1 aromatic rings. The van der Waals surface area contributed by atoms with Crippen molar-refractivity contribution in [3.63, 3.8) is 0 Å². The van der Waals surface area contributed by atoms with Gasteiger partial charge in [0.15, 0.2) is 0 Å². The molecule has 1 aromatic carbocycles. The quantitative estimate of drug-likeness (QED) is 0.685. The first kappa shape index (κ1) is 13.1. The van der Waals surface area contributed by atoms with Crippen molar-refractivity contribution in [2.45, 2.75) is 25.8 Å². The van der Waals surface area contributed by atoms with Crippen LogP contribution in [-0.4, -0.2) is 11.0 Å². The first-order chi connectivity index (χ1) is 7.45. The zero-order chi connectivity index (χ0) is 12.3. The molecule has 0 saturated heterocycles. The van der Waals surface area contributed by atoms with E-state index in [1.54, 1.807) is 0 Å². The van der Waals surface area contributed by atoms with Gasteiger partial charge in [0.25, 0.3) is 5.69 Å². The molecule has 0 aliphatic rings. The largest absolute Gasteiger partial charge is 0.327 e.